The largest absolute Gasteiger partial charge is 0.506 e. The van der Waals surface area contributed by atoms with Crippen LogP contribution in [0.15, 0.2) is 54.4 Å². The van der Waals surface area contributed by atoms with Gasteiger partial charge in [0.1, 0.15) is 11.3 Å². The predicted molar refractivity (Wildman–Crippen MR) is 106 cm³/mol. The molecule has 0 spiro atoms. The Bertz CT molecular complexity index is 1280. The van der Waals surface area contributed by atoms with Crippen molar-refractivity contribution >= 4 is 34.8 Å². The molecule has 4 rings (SSSR count). The summed E-state index contributed by atoms with van der Waals surface area (Å²) < 4.78 is 0. The van der Waals surface area contributed by atoms with Crippen LogP contribution in [0.4, 0.5) is 0 Å². The monoisotopic (exact) mass is 399 g/mol. The van der Waals surface area contributed by atoms with E-state index in [-0.39, 0.29) is 28.9 Å². The van der Waals surface area contributed by atoms with Crippen LogP contribution in [0.3, 0.4) is 0 Å². The van der Waals surface area contributed by atoms with Crippen molar-refractivity contribution in [1.82, 2.24) is 9.88 Å². The van der Waals surface area contributed by atoms with Gasteiger partial charge in [0.15, 0.2) is 0 Å². The van der Waals surface area contributed by atoms with Crippen molar-refractivity contribution in [2.24, 2.45) is 0 Å². The van der Waals surface area contributed by atoms with Gasteiger partial charge in [0, 0.05) is 11.6 Å². The van der Waals surface area contributed by atoms with Gasteiger partial charge in [0.25, 0.3) is 17.5 Å². The zero-order chi connectivity index (χ0) is 21.4. The molecule has 0 saturated heterocycles. The summed E-state index contributed by atoms with van der Waals surface area (Å²) in [4.78, 5) is 45.0. The Balaban J connectivity index is 1.66. The Kier molecular flexibility index (Phi) is 4.49. The Labute approximate surface area is 170 Å². The summed E-state index contributed by atoms with van der Waals surface area (Å²) in [7, 11) is 0. The third kappa shape index (κ3) is 3.04. The summed E-state index contributed by atoms with van der Waals surface area (Å²) in [6.07, 6.45) is 2.65. The average Bonchev–Trinajstić information content (AvgIpc) is 2.75. The lowest BCUT2D eigenvalue weighted by Crippen LogP contribution is -2.39. The molecule has 0 aliphatic carbocycles. The van der Waals surface area contributed by atoms with Gasteiger partial charge in [-0.3, -0.25) is 24.3 Å². The normalized spacial score (nSPS) is 13.4. The van der Waals surface area contributed by atoms with Crippen LogP contribution in [0, 0.1) is 6.57 Å². The van der Waals surface area contributed by atoms with E-state index in [1.54, 1.807) is 24.3 Å². The van der Waals surface area contributed by atoms with Crippen LogP contribution < -0.4 is 0 Å². The van der Waals surface area contributed by atoms with E-state index in [9.17, 15) is 19.5 Å². The first kappa shape index (κ1) is 18.8. The zero-order valence-electron chi connectivity index (χ0n) is 15.4. The summed E-state index contributed by atoms with van der Waals surface area (Å²) in [5.74, 6) is -2.40. The van der Waals surface area contributed by atoms with Crippen LogP contribution in [-0.2, 0) is 11.3 Å². The number of carboxylic acids is 1. The van der Waals surface area contributed by atoms with Crippen LogP contribution in [0.25, 0.3) is 21.8 Å². The molecule has 8 heteroatoms. The predicted octanol–water partition coefficient (Wildman–Crippen LogP) is 3.08. The minimum atomic E-state index is -1.31. The molecular formula is C22H13N3O5. The Morgan fingerprint density at radius 2 is 1.73 bits per heavy atom. The number of aliphatic carboxylic acids is 1. The van der Waals surface area contributed by atoms with E-state index in [1.807, 2.05) is 0 Å². The minimum Gasteiger partial charge on any atom is -0.506 e. The van der Waals surface area contributed by atoms with E-state index in [1.165, 1.54) is 30.5 Å². The van der Waals surface area contributed by atoms with Crippen molar-refractivity contribution in [3.63, 3.8) is 0 Å². The molecule has 30 heavy (non-hydrogen) atoms. The highest BCUT2D eigenvalue weighted by atomic mass is 16.4. The molecule has 0 bridgehead atoms. The molecular weight excluding hydrogens is 386 g/mol. The quantitative estimate of drug-likeness (QED) is 0.396. The summed E-state index contributed by atoms with van der Waals surface area (Å²) in [6.45, 7) is 6.90. The Morgan fingerprint density at radius 3 is 2.37 bits per heavy atom. The van der Waals surface area contributed by atoms with Crippen LogP contribution in [0.1, 0.15) is 31.8 Å². The van der Waals surface area contributed by atoms with Crippen LogP contribution >= 0.6 is 0 Å². The third-order valence-electron chi connectivity index (χ3n) is 4.79. The number of imide groups is 1. The molecule has 2 aromatic carbocycles. The molecule has 0 atom stereocenters. The molecule has 0 saturated carbocycles. The van der Waals surface area contributed by atoms with Crippen molar-refractivity contribution in [2.45, 2.75) is 6.54 Å². The van der Waals surface area contributed by atoms with Gasteiger partial charge >= 0.3 is 5.97 Å². The first-order chi connectivity index (χ1) is 14.4. The first-order valence-electron chi connectivity index (χ1n) is 8.79. The maximum Gasteiger partial charge on any atom is 0.333 e. The lowest BCUT2D eigenvalue weighted by atomic mass is 9.96. The fourth-order valence-corrected chi connectivity index (χ4v) is 3.34. The van der Waals surface area contributed by atoms with E-state index in [0.717, 1.165) is 4.90 Å². The number of phenolic OH excluding ortho intramolecular Hbond substituents is 1. The number of aromatic nitrogens is 1. The standard InChI is InChI=1S/C22H13N3O5/c1-23-16(22(29)30)10-12-2-4-13(5-3-12)11-25-20(27)14-6-7-17(26)19-18(14)15(21(25)28)8-9-24-19/h2-10,26H,11H2,(H,29,30). The van der Waals surface area contributed by atoms with Crippen LogP contribution in [-0.4, -0.2) is 37.9 Å². The molecule has 1 aliphatic rings. The van der Waals surface area contributed by atoms with E-state index in [0.29, 0.717) is 16.5 Å². The number of phenols is 1. The first-order valence-corrected chi connectivity index (χ1v) is 8.79. The van der Waals surface area contributed by atoms with E-state index in [4.69, 9.17) is 11.7 Å². The Hall–Kier alpha value is -4.51. The highest BCUT2D eigenvalue weighted by Crippen LogP contribution is 2.34. The average molecular weight is 399 g/mol. The second-order valence-electron chi connectivity index (χ2n) is 6.60. The maximum absolute atomic E-state index is 12.9. The van der Waals surface area contributed by atoms with Gasteiger partial charge in [-0.05, 0) is 35.4 Å². The molecule has 2 N–H and O–H groups in total. The number of amides is 2. The molecule has 2 amide bonds. The van der Waals surface area contributed by atoms with Gasteiger partial charge < -0.3 is 10.2 Å². The van der Waals surface area contributed by atoms with Gasteiger partial charge in [0.2, 0.25) is 0 Å². The lowest BCUT2D eigenvalue weighted by Gasteiger charge is -2.27. The molecule has 146 valence electrons. The molecule has 2 heterocycles. The summed E-state index contributed by atoms with van der Waals surface area (Å²) in [5.41, 5.74) is 1.53. The number of pyridine rings is 1. The number of carboxylic acid groups (broad SMARTS) is 1. The topological polar surface area (TPSA) is 112 Å². The third-order valence-corrected chi connectivity index (χ3v) is 4.79. The SMILES string of the molecule is [C-]#[N+]C(=Cc1ccc(CN2C(=O)c3ccnc4c(O)ccc(c34)C2=O)cc1)C(=O)O. The highest BCUT2D eigenvalue weighted by Gasteiger charge is 2.33. The number of aromatic hydroxyl groups is 1. The molecule has 3 aromatic rings. The molecule has 1 aliphatic heterocycles. The lowest BCUT2D eigenvalue weighted by molar-refractivity contribution is -0.132. The second-order valence-corrected chi connectivity index (χ2v) is 6.60. The summed E-state index contributed by atoms with van der Waals surface area (Å²) in [5, 5.41) is 19.3. The Morgan fingerprint density at radius 1 is 1.07 bits per heavy atom. The van der Waals surface area contributed by atoms with Crippen LogP contribution in [0.5, 0.6) is 5.75 Å². The van der Waals surface area contributed by atoms with Crippen molar-refractivity contribution in [3.05, 3.63) is 88.0 Å². The number of rotatable bonds is 4. The van der Waals surface area contributed by atoms with Crippen molar-refractivity contribution in [2.75, 3.05) is 0 Å². The number of benzene rings is 2. The second kappa shape index (κ2) is 7.14. The zero-order valence-corrected chi connectivity index (χ0v) is 15.4. The minimum absolute atomic E-state index is 0.0143. The van der Waals surface area contributed by atoms with E-state index < -0.39 is 23.5 Å². The number of carbonyl (C=O) groups excluding carboxylic acids is 2. The van der Waals surface area contributed by atoms with Gasteiger partial charge in [-0.25, -0.2) is 4.85 Å². The van der Waals surface area contributed by atoms with Crippen molar-refractivity contribution in [1.29, 1.82) is 0 Å². The number of hydrogen-bond donors (Lipinski definition) is 2. The van der Waals surface area contributed by atoms with Crippen molar-refractivity contribution in [3.8, 4) is 5.75 Å². The molecule has 0 radical (unpaired) electrons. The fourth-order valence-electron chi connectivity index (χ4n) is 3.34. The molecule has 8 nitrogen and oxygen atoms in total. The van der Waals surface area contributed by atoms with Gasteiger partial charge in [-0.1, -0.05) is 24.3 Å². The number of carbonyl (C=O) groups is 3. The smallest absolute Gasteiger partial charge is 0.333 e. The molecule has 0 unspecified atom stereocenters. The fraction of sp³-hybridized carbons (Fsp3) is 0.0455. The van der Waals surface area contributed by atoms with E-state index >= 15 is 0 Å². The summed E-state index contributed by atoms with van der Waals surface area (Å²) in [6, 6.07) is 10.9. The van der Waals surface area contributed by atoms with Gasteiger partial charge in [-0.15, -0.1) is 0 Å². The summed E-state index contributed by atoms with van der Waals surface area (Å²) >= 11 is 0. The number of nitrogens with zero attached hydrogens (tertiary/aromatic N) is 3. The molecule has 0 fully saturated rings. The number of hydrogen-bond acceptors (Lipinski definition) is 5. The van der Waals surface area contributed by atoms with Crippen LogP contribution in [0.2, 0.25) is 0 Å². The molecule has 1 aromatic heterocycles. The highest BCUT2D eigenvalue weighted by molar-refractivity contribution is 6.25. The van der Waals surface area contributed by atoms with Gasteiger partial charge in [-0.2, -0.15) is 0 Å². The van der Waals surface area contributed by atoms with Gasteiger partial charge in [0.05, 0.1) is 24.2 Å². The maximum atomic E-state index is 12.9. The van der Waals surface area contributed by atoms with E-state index in [2.05, 4.69) is 9.83 Å². The van der Waals surface area contributed by atoms with Crippen molar-refractivity contribution < 1.29 is 24.6 Å².